The summed E-state index contributed by atoms with van der Waals surface area (Å²) in [6.07, 6.45) is 23.0. The molecule has 1 aromatic carbocycles. The average Bonchev–Trinajstić information content (AvgIpc) is 3.10. The van der Waals surface area contributed by atoms with Crippen molar-refractivity contribution < 1.29 is 14.3 Å². The molecule has 35 heavy (non-hydrogen) atoms. The van der Waals surface area contributed by atoms with Crippen LogP contribution in [0.5, 0.6) is 0 Å². The topological polar surface area (TPSA) is 48.4 Å². The van der Waals surface area contributed by atoms with E-state index in [4.69, 9.17) is 9.47 Å². The van der Waals surface area contributed by atoms with E-state index in [0.29, 0.717) is 18.4 Å². The van der Waals surface area contributed by atoms with Gasteiger partial charge < -0.3 is 14.3 Å². The highest BCUT2D eigenvalue weighted by molar-refractivity contribution is 5.81. The molecule has 3 aliphatic rings. The highest BCUT2D eigenvalue weighted by atomic mass is 16.5. The van der Waals surface area contributed by atoms with Gasteiger partial charge in [0.2, 0.25) is 0 Å². The standard InChI is InChI=1S/C31H35NO3/c1-22-17-25-13-14-32-21-31(25)29-12-10-24(18-30(22)29)23-7-6-8-26(11-9-23)35-28-19-27(20-28)34-16-5-3-2-4-15-33/h6-15,18,21-22,26-28H,2-5,16-17,19-20H2,1H3. The maximum absolute atomic E-state index is 10.4. The average molecular weight is 470 g/mol. The number of fused-ring (bicyclic) bond motifs is 3. The zero-order valence-electron chi connectivity index (χ0n) is 20.6. The summed E-state index contributed by atoms with van der Waals surface area (Å²) in [7, 11) is 0. The van der Waals surface area contributed by atoms with Crippen molar-refractivity contribution in [3.8, 4) is 11.1 Å². The number of rotatable bonds is 10. The molecule has 3 aliphatic carbocycles. The molecule has 4 heteroatoms. The fourth-order valence-corrected chi connectivity index (χ4v) is 5.29. The minimum Gasteiger partial charge on any atom is -0.378 e. The maximum atomic E-state index is 10.4. The second-order valence-corrected chi connectivity index (χ2v) is 10.0. The monoisotopic (exact) mass is 469 g/mol. The zero-order chi connectivity index (χ0) is 24.0. The summed E-state index contributed by atoms with van der Waals surface area (Å²) in [5.74, 6) is 0.493. The van der Waals surface area contributed by atoms with Crippen LogP contribution in [0.15, 0.2) is 67.0 Å². The van der Waals surface area contributed by atoms with Crippen molar-refractivity contribution in [2.45, 2.75) is 76.1 Å². The van der Waals surface area contributed by atoms with Crippen molar-refractivity contribution in [2.75, 3.05) is 6.61 Å². The number of pyridine rings is 1. The van der Waals surface area contributed by atoms with Gasteiger partial charge in [0, 0.05) is 43.8 Å². The van der Waals surface area contributed by atoms with Gasteiger partial charge in [-0.05, 0) is 59.1 Å². The van der Waals surface area contributed by atoms with Gasteiger partial charge in [-0.1, -0.05) is 61.9 Å². The molecule has 182 valence electrons. The van der Waals surface area contributed by atoms with Gasteiger partial charge in [-0.15, -0.1) is 0 Å². The van der Waals surface area contributed by atoms with E-state index in [1.54, 1.807) is 0 Å². The molecular formula is C31H35NO3. The third-order valence-corrected chi connectivity index (χ3v) is 7.41. The van der Waals surface area contributed by atoms with Crippen LogP contribution in [0.4, 0.5) is 0 Å². The molecule has 5 rings (SSSR count). The SMILES string of the molecule is CC1Cc2ccncc2-c2ccc(C3=CC=CC(OC4CC(OCCCCCC=O)C4)C=C3)cc21. The minimum absolute atomic E-state index is 0.00690. The lowest BCUT2D eigenvalue weighted by molar-refractivity contribution is -0.109. The second kappa shape index (κ2) is 11.3. The molecule has 0 saturated heterocycles. The predicted molar refractivity (Wildman–Crippen MR) is 140 cm³/mol. The van der Waals surface area contributed by atoms with Crippen LogP contribution in [0.2, 0.25) is 0 Å². The quantitative estimate of drug-likeness (QED) is 0.290. The van der Waals surface area contributed by atoms with Crippen molar-refractivity contribution in [2.24, 2.45) is 0 Å². The number of nitrogens with zero attached hydrogens (tertiary/aromatic N) is 1. The van der Waals surface area contributed by atoms with Crippen molar-refractivity contribution >= 4 is 11.9 Å². The van der Waals surface area contributed by atoms with Gasteiger partial charge in [0.25, 0.3) is 0 Å². The van der Waals surface area contributed by atoms with E-state index in [2.05, 4.69) is 66.6 Å². The lowest BCUT2D eigenvalue weighted by Gasteiger charge is -2.36. The number of hydrogen-bond acceptors (Lipinski definition) is 4. The third-order valence-electron chi connectivity index (χ3n) is 7.41. The summed E-state index contributed by atoms with van der Waals surface area (Å²) in [6, 6.07) is 8.99. The Labute approximate surface area is 208 Å². The van der Waals surface area contributed by atoms with Gasteiger partial charge >= 0.3 is 0 Å². The molecule has 0 N–H and O–H groups in total. The van der Waals surface area contributed by atoms with Crippen LogP contribution < -0.4 is 0 Å². The summed E-state index contributed by atoms with van der Waals surface area (Å²) in [5.41, 5.74) is 7.84. The molecule has 0 aliphatic heterocycles. The molecule has 1 heterocycles. The number of aldehydes is 1. The first kappa shape index (κ1) is 23.9. The van der Waals surface area contributed by atoms with Crippen molar-refractivity contribution in [3.05, 3.63) is 83.7 Å². The fraction of sp³-hybridized carbons (Fsp3) is 0.419. The Morgan fingerprint density at radius 3 is 2.86 bits per heavy atom. The molecule has 1 fully saturated rings. The van der Waals surface area contributed by atoms with Gasteiger partial charge in [-0.3, -0.25) is 4.98 Å². The Kier molecular flexibility index (Phi) is 7.70. The Morgan fingerprint density at radius 2 is 1.97 bits per heavy atom. The van der Waals surface area contributed by atoms with Crippen LogP contribution in [0.1, 0.15) is 68.1 Å². The highest BCUT2D eigenvalue weighted by Gasteiger charge is 2.31. The van der Waals surface area contributed by atoms with E-state index in [1.807, 2.05) is 12.4 Å². The molecule has 4 nitrogen and oxygen atoms in total. The van der Waals surface area contributed by atoms with Crippen molar-refractivity contribution in [1.29, 1.82) is 0 Å². The maximum Gasteiger partial charge on any atom is 0.119 e. The summed E-state index contributed by atoms with van der Waals surface area (Å²) in [5, 5.41) is 0. The first-order valence-electron chi connectivity index (χ1n) is 13.1. The van der Waals surface area contributed by atoms with E-state index in [1.165, 1.54) is 33.4 Å². The number of hydrogen-bond donors (Lipinski definition) is 0. The Hall–Kier alpha value is -2.82. The van der Waals surface area contributed by atoms with Crippen LogP contribution in [0, 0.1) is 0 Å². The van der Waals surface area contributed by atoms with Crippen LogP contribution in [0.3, 0.4) is 0 Å². The lowest BCUT2D eigenvalue weighted by Crippen LogP contribution is -2.39. The van der Waals surface area contributed by atoms with Crippen LogP contribution in [-0.2, 0) is 20.7 Å². The van der Waals surface area contributed by atoms with Crippen LogP contribution in [0.25, 0.3) is 16.7 Å². The molecular weight excluding hydrogens is 434 g/mol. The summed E-state index contributed by atoms with van der Waals surface area (Å²) in [4.78, 5) is 14.7. The van der Waals surface area contributed by atoms with E-state index in [-0.39, 0.29) is 12.2 Å². The normalized spacial score (nSPS) is 24.7. The van der Waals surface area contributed by atoms with E-state index in [9.17, 15) is 4.79 Å². The third kappa shape index (κ3) is 5.71. The van der Waals surface area contributed by atoms with E-state index < -0.39 is 0 Å². The Balaban J connectivity index is 1.14. The first-order valence-corrected chi connectivity index (χ1v) is 13.1. The fourth-order valence-electron chi connectivity index (χ4n) is 5.29. The predicted octanol–water partition coefficient (Wildman–Crippen LogP) is 6.61. The Morgan fingerprint density at radius 1 is 1.06 bits per heavy atom. The van der Waals surface area contributed by atoms with Gasteiger partial charge in [-0.2, -0.15) is 0 Å². The molecule has 0 amide bonds. The largest absolute Gasteiger partial charge is 0.378 e. The summed E-state index contributed by atoms with van der Waals surface area (Å²) < 4.78 is 12.2. The van der Waals surface area contributed by atoms with E-state index >= 15 is 0 Å². The number of allylic oxidation sites excluding steroid dienone is 4. The minimum atomic E-state index is -0.00690. The molecule has 0 bridgehead atoms. The molecule has 2 aromatic rings. The van der Waals surface area contributed by atoms with E-state index in [0.717, 1.165) is 51.4 Å². The zero-order valence-corrected chi connectivity index (χ0v) is 20.6. The van der Waals surface area contributed by atoms with Crippen LogP contribution >= 0.6 is 0 Å². The number of carbonyl (C=O) groups is 1. The number of unbranched alkanes of at least 4 members (excludes halogenated alkanes) is 3. The molecule has 2 atom stereocenters. The molecule has 0 radical (unpaired) electrons. The molecule has 1 aromatic heterocycles. The molecule has 0 spiro atoms. The summed E-state index contributed by atoms with van der Waals surface area (Å²) >= 11 is 0. The smallest absolute Gasteiger partial charge is 0.119 e. The number of aromatic nitrogens is 1. The first-order chi connectivity index (χ1) is 17.2. The van der Waals surface area contributed by atoms with Crippen molar-refractivity contribution in [3.63, 3.8) is 0 Å². The van der Waals surface area contributed by atoms with Gasteiger partial charge in [0.1, 0.15) is 6.29 Å². The van der Waals surface area contributed by atoms with Gasteiger partial charge in [0.05, 0.1) is 18.3 Å². The molecule has 1 saturated carbocycles. The van der Waals surface area contributed by atoms with Gasteiger partial charge in [-0.25, -0.2) is 0 Å². The van der Waals surface area contributed by atoms with Crippen LogP contribution in [-0.4, -0.2) is 36.2 Å². The second-order valence-electron chi connectivity index (χ2n) is 10.0. The number of carbonyl (C=O) groups excluding carboxylic acids is 1. The molecule has 2 unspecified atom stereocenters. The Bertz CT molecular complexity index is 1130. The highest BCUT2D eigenvalue weighted by Crippen LogP contribution is 2.40. The number of benzene rings is 1. The van der Waals surface area contributed by atoms with Gasteiger partial charge in [0.15, 0.2) is 0 Å². The number of ether oxygens (including phenoxy) is 2. The lowest BCUT2D eigenvalue weighted by atomic mass is 9.79. The summed E-state index contributed by atoms with van der Waals surface area (Å²) in [6.45, 7) is 3.10. The van der Waals surface area contributed by atoms with Crippen molar-refractivity contribution in [1.82, 2.24) is 4.98 Å².